The van der Waals surface area contributed by atoms with Gasteiger partial charge in [-0.1, -0.05) is 0 Å². The van der Waals surface area contributed by atoms with Gasteiger partial charge < -0.3 is 20.1 Å². The summed E-state index contributed by atoms with van der Waals surface area (Å²) in [6.07, 6.45) is -2.20. The number of carbonyl (C=O) groups excluding carboxylic acids is 1. The lowest BCUT2D eigenvalue weighted by Crippen LogP contribution is -2.50. The van der Waals surface area contributed by atoms with Crippen molar-refractivity contribution in [2.45, 2.75) is 24.7 Å². The van der Waals surface area contributed by atoms with Gasteiger partial charge in [0, 0.05) is 0 Å². The van der Waals surface area contributed by atoms with Crippen LogP contribution in [0.15, 0.2) is 0 Å². The Kier molecular flexibility index (Phi) is 2.48. The molecule has 0 radical (unpaired) electrons. The van der Waals surface area contributed by atoms with Crippen molar-refractivity contribution in [3.05, 3.63) is 0 Å². The molecule has 0 spiro atoms. The fraction of sp³-hybridized carbons (Fsp3) is 0.857. The van der Waals surface area contributed by atoms with Crippen molar-refractivity contribution in [1.82, 2.24) is 0 Å². The summed E-state index contributed by atoms with van der Waals surface area (Å²) in [6, 6.07) is 0. The molecule has 0 bridgehead atoms. The quantitative estimate of drug-likeness (QED) is 0.455. The van der Waals surface area contributed by atoms with Crippen LogP contribution < -0.4 is 0 Å². The topological polar surface area (TPSA) is 87.0 Å². The summed E-state index contributed by atoms with van der Waals surface area (Å²) in [5.41, 5.74) is -1.84. The minimum atomic E-state index is -1.84. The zero-order valence-electron chi connectivity index (χ0n) is 6.73. The van der Waals surface area contributed by atoms with Gasteiger partial charge in [0.1, 0.15) is 12.2 Å². The Labute approximate surface area is 69.6 Å². The number of carbonyl (C=O) groups is 1. The second-order valence-corrected chi connectivity index (χ2v) is 2.96. The molecule has 5 nitrogen and oxygen atoms in total. The van der Waals surface area contributed by atoms with Crippen LogP contribution in [0, 0.1) is 0 Å². The second-order valence-electron chi connectivity index (χ2n) is 2.96. The highest BCUT2D eigenvalue weighted by atomic mass is 16.5. The minimum absolute atomic E-state index is 0.255. The van der Waals surface area contributed by atoms with Crippen molar-refractivity contribution < 1.29 is 24.9 Å². The van der Waals surface area contributed by atoms with E-state index in [-0.39, 0.29) is 6.61 Å². The summed E-state index contributed by atoms with van der Waals surface area (Å²) in [4.78, 5) is 10.9. The fourth-order valence-electron chi connectivity index (χ4n) is 1.18. The first-order valence-electron chi connectivity index (χ1n) is 3.66. The number of Topliss-reactive ketones (excluding diaryl/α,β-unsaturated/α-hetero) is 1. The zero-order valence-corrected chi connectivity index (χ0v) is 6.73. The molecule has 70 valence electrons. The van der Waals surface area contributed by atoms with E-state index in [9.17, 15) is 15.0 Å². The molecule has 0 unspecified atom stereocenters. The maximum Gasteiger partial charge on any atom is 0.174 e. The molecule has 5 heteroatoms. The average molecular weight is 176 g/mol. The Morgan fingerprint density at radius 1 is 1.75 bits per heavy atom. The number of aliphatic hydroxyl groups excluding tert-OH is 2. The SMILES string of the molecule is CC(=O)[C@@]1(O)CO[C@H](CO)[C@@H]1O. The summed E-state index contributed by atoms with van der Waals surface area (Å²) >= 11 is 0. The second kappa shape index (κ2) is 3.10. The van der Waals surface area contributed by atoms with Crippen LogP contribution in [-0.4, -0.2) is 52.1 Å². The first kappa shape index (κ1) is 9.60. The Hall–Kier alpha value is -0.490. The molecule has 0 amide bonds. The van der Waals surface area contributed by atoms with Crippen molar-refractivity contribution in [2.75, 3.05) is 13.2 Å². The van der Waals surface area contributed by atoms with Crippen LogP contribution >= 0.6 is 0 Å². The molecule has 12 heavy (non-hydrogen) atoms. The first-order chi connectivity index (χ1) is 5.52. The smallest absolute Gasteiger partial charge is 0.174 e. The van der Waals surface area contributed by atoms with Gasteiger partial charge >= 0.3 is 0 Å². The van der Waals surface area contributed by atoms with E-state index in [0.29, 0.717) is 0 Å². The Morgan fingerprint density at radius 3 is 2.58 bits per heavy atom. The van der Waals surface area contributed by atoms with Crippen LogP contribution in [0.1, 0.15) is 6.92 Å². The van der Waals surface area contributed by atoms with Gasteiger partial charge in [-0.2, -0.15) is 0 Å². The zero-order chi connectivity index (χ0) is 9.35. The van der Waals surface area contributed by atoms with Gasteiger partial charge in [-0.25, -0.2) is 0 Å². The van der Waals surface area contributed by atoms with Crippen molar-refractivity contribution >= 4 is 5.78 Å². The largest absolute Gasteiger partial charge is 0.394 e. The van der Waals surface area contributed by atoms with Gasteiger partial charge in [0.15, 0.2) is 11.4 Å². The van der Waals surface area contributed by atoms with E-state index in [1.54, 1.807) is 0 Å². The Bertz CT molecular complexity index is 192. The van der Waals surface area contributed by atoms with E-state index in [4.69, 9.17) is 9.84 Å². The lowest BCUT2D eigenvalue weighted by atomic mass is 9.93. The molecule has 0 saturated carbocycles. The van der Waals surface area contributed by atoms with Crippen LogP contribution in [0.5, 0.6) is 0 Å². The van der Waals surface area contributed by atoms with Gasteiger partial charge in [0.05, 0.1) is 13.2 Å². The van der Waals surface area contributed by atoms with Crippen LogP contribution in [-0.2, 0) is 9.53 Å². The van der Waals surface area contributed by atoms with E-state index in [0.717, 1.165) is 0 Å². The van der Waals surface area contributed by atoms with Crippen LogP contribution in [0.4, 0.5) is 0 Å². The highest BCUT2D eigenvalue weighted by Gasteiger charge is 2.51. The molecule has 1 fully saturated rings. The number of ether oxygens (including phenoxy) is 1. The highest BCUT2D eigenvalue weighted by Crippen LogP contribution is 2.25. The molecular weight excluding hydrogens is 164 g/mol. The minimum Gasteiger partial charge on any atom is -0.394 e. The van der Waals surface area contributed by atoms with Crippen LogP contribution in [0.2, 0.25) is 0 Å². The van der Waals surface area contributed by atoms with Gasteiger partial charge in [-0.3, -0.25) is 4.79 Å². The molecule has 0 aliphatic carbocycles. The lowest BCUT2D eigenvalue weighted by molar-refractivity contribution is -0.143. The van der Waals surface area contributed by atoms with E-state index >= 15 is 0 Å². The molecule has 1 aliphatic heterocycles. The monoisotopic (exact) mass is 176 g/mol. The third-order valence-corrected chi connectivity index (χ3v) is 2.15. The van der Waals surface area contributed by atoms with Gasteiger partial charge in [0.25, 0.3) is 0 Å². The predicted molar refractivity (Wildman–Crippen MR) is 38.5 cm³/mol. The summed E-state index contributed by atoms with van der Waals surface area (Å²) in [6.45, 7) is 0.512. The fourth-order valence-corrected chi connectivity index (χ4v) is 1.18. The van der Waals surface area contributed by atoms with Gasteiger partial charge in [-0.05, 0) is 6.92 Å². The van der Waals surface area contributed by atoms with E-state index in [1.807, 2.05) is 0 Å². The van der Waals surface area contributed by atoms with E-state index in [1.165, 1.54) is 6.92 Å². The number of hydrogen-bond acceptors (Lipinski definition) is 5. The number of hydrogen-bond donors (Lipinski definition) is 3. The van der Waals surface area contributed by atoms with Crippen LogP contribution in [0.25, 0.3) is 0 Å². The third-order valence-electron chi connectivity index (χ3n) is 2.15. The van der Waals surface area contributed by atoms with E-state index in [2.05, 4.69) is 0 Å². The molecule has 3 N–H and O–H groups in total. The van der Waals surface area contributed by atoms with Crippen molar-refractivity contribution in [1.29, 1.82) is 0 Å². The lowest BCUT2D eigenvalue weighted by Gasteiger charge is -2.22. The van der Waals surface area contributed by atoms with Gasteiger partial charge in [0.2, 0.25) is 0 Å². The molecule has 0 aromatic heterocycles. The summed E-state index contributed by atoms with van der Waals surface area (Å²) in [7, 11) is 0. The molecule has 1 aliphatic rings. The molecule has 0 aromatic carbocycles. The van der Waals surface area contributed by atoms with Gasteiger partial charge in [-0.15, -0.1) is 0 Å². The maximum atomic E-state index is 10.9. The number of aliphatic hydroxyl groups is 3. The standard InChI is InChI=1S/C7H12O5/c1-4(9)7(11)3-12-5(2-8)6(7)10/h5-6,8,10-11H,2-3H2,1H3/t5-,6+,7+/m1/s1. The average Bonchev–Trinajstić information content (AvgIpc) is 2.31. The number of rotatable bonds is 2. The summed E-state index contributed by atoms with van der Waals surface area (Å²) in [5, 5.41) is 27.5. The van der Waals surface area contributed by atoms with Crippen molar-refractivity contribution in [3.63, 3.8) is 0 Å². The number of ketones is 1. The van der Waals surface area contributed by atoms with Crippen molar-refractivity contribution in [2.24, 2.45) is 0 Å². The molecule has 1 saturated heterocycles. The molecule has 1 heterocycles. The highest BCUT2D eigenvalue weighted by molar-refractivity contribution is 5.86. The molecular formula is C7H12O5. The van der Waals surface area contributed by atoms with E-state index < -0.39 is 30.2 Å². The Morgan fingerprint density at radius 2 is 2.33 bits per heavy atom. The van der Waals surface area contributed by atoms with Crippen molar-refractivity contribution in [3.8, 4) is 0 Å². The third kappa shape index (κ3) is 1.25. The first-order valence-corrected chi connectivity index (χ1v) is 3.66. The normalized spacial score (nSPS) is 41.7. The maximum absolute atomic E-state index is 10.9. The summed E-state index contributed by atoms with van der Waals surface area (Å²) in [5.74, 6) is -0.550. The molecule has 1 rings (SSSR count). The molecule has 0 aromatic rings. The summed E-state index contributed by atoms with van der Waals surface area (Å²) < 4.78 is 4.82. The Balaban J connectivity index is 2.77. The van der Waals surface area contributed by atoms with Crippen LogP contribution in [0.3, 0.4) is 0 Å². The predicted octanol–water partition coefficient (Wildman–Crippen LogP) is -1.94. The molecule has 3 atom stereocenters.